The van der Waals surface area contributed by atoms with Crippen LogP contribution >= 0.6 is 0 Å². The number of rotatable bonds is 4. The number of nitrogens with zero attached hydrogens (tertiary/aromatic N) is 6. The molecule has 0 saturated carbocycles. The molecule has 6 aromatic heterocycles. The van der Waals surface area contributed by atoms with Crippen molar-refractivity contribution in [3.05, 3.63) is 137 Å². The summed E-state index contributed by atoms with van der Waals surface area (Å²) in [7, 11) is 0. The first-order valence-corrected chi connectivity index (χ1v) is 12.8. The molecule has 6 heterocycles. The average Bonchev–Trinajstić information content (AvgIpc) is 3.03. The fourth-order valence-corrected chi connectivity index (χ4v) is 3.80. The van der Waals surface area contributed by atoms with Crippen molar-refractivity contribution in [2.75, 3.05) is 0 Å². The van der Waals surface area contributed by atoms with Crippen LogP contribution in [0.15, 0.2) is 121 Å². The Labute approximate surface area is 280 Å². The van der Waals surface area contributed by atoms with E-state index < -0.39 is 11.4 Å². The first kappa shape index (κ1) is 37.7. The van der Waals surface area contributed by atoms with Crippen LogP contribution in [-0.4, -0.2) is 35.5 Å². The van der Waals surface area contributed by atoms with Gasteiger partial charge in [0.05, 0.1) is 39.7 Å². The van der Waals surface area contributed by atoms with Crippen molar-refractivity contribution in [3.8, 4) is 22.8 Å². The summed E-state index contributed by atoms with van der Waals surface area (Å²) in [5.41, 5.74) is 4.07. The Balaban J connectivity index is 0.000000325. The number of hydrogen-bond donors (Lipinski definition) is 0. The molecule has 0 fully saturated rings. The van der Waals surface area contributed by atoms with Crippen LogP contribution in [-0.2, 0) is 26.0 Å². The van der Waals surface area contributed by atoms with Gasteiger partial charge in [-0.25, -0.2) is 4.98 Å². The number of aromatic carboxylic acids is 1. The Bertz CT molecular complexity index is 1630. The number of carboxylic acids is 1. The predicted octanol–water partition coefficient (Wildman–Crippen LogP) is -1.62. The number of carbonyl (C=O) groups is 1. The molecule has 0 aliphatic heterocycles. The topological polar surface area (TPSA) is 127 Å². The second-order valence-electron chi connectivity index (χ2n) is 8.63. The van der Waals surface area contributed by atoms with Gasteiger partial charge in [-0.15, -0.1) is 0 Å². The van der Waals surface area contributed by atoms with Crippen LogP contribution in [0.25, 0.3) is 33.8 Å². The van der Waals surface area contributed by atoms with Gasteiger partial charge in [0.2, 0.25) is 0 Å². The van der Waals surface area contributed by atoms with Crippen molar-refractivity contribution < 1.29 is 54.2 Å². The number of fused-ring (bicyclic) bond motifs is 1. The zero-order valence-electron chi connectivity index (χ0n) is 23.7. The van der Waals surface area contributed by atoms with Crippen LogP contribution in [0, 0.1) is 6.92 Å². The van der Waals surface area contributed by atoms with Crippen molar-refractivity contribution in [1.82, 2.24) is 29.5 Å². The zero-order valence-corrected chi connectivity index (χ0v) is 26.9. The third kappa shape index (κ3) is 10.1. The number of aryl methyl sites for hydroxylation is 2. The van der Waals surface area contributed by atoms with Crippen molar-refractivity contribution >= 4 is 17.0 Å². The largest absolute Gasteiger partial charge is 3.00 e. The average molecular weight is 716 g/mol. The summed E-state index contributed by atoms with van der Waals surface area (Å²) in [4.78, 5) is 43.7. The van der Waals surface area contributed by atoms with E-state index in [4.69, 9.17) is 0 Å². The van der Waals surface area contributed by atoms with Gasteiger partial charge in [-0.3, -0.25) is 24.7 Å². The van der Waals surface area contributed by atoms with Gasteiger partial charge in [0.1, 0.15) is 5.65 Å². The van der Waals surface area contributed by atoms with E-state index in [1.165, 1.54) is 6.20 Å². The van der Waals surface area contributed by atoms with E-state index in [0.29, 0.717) is 17.6 Å². The molecule has 0 aliphatic rings. The van der Waals surface area contributed by atoms with E-state index in [-0.39, 0.29) is 49.9 Å². The van der Waals surface area contributed by atoms with E-state index in [1.807, 2.05) is 86.6 Å². The molecule has 0 bridgehead atoms. The summed E-state index contributed by atoms with van der Waals surface area (Å²) >= 11 is 0. The van der Waals surface area contributed by atoms with Gasteiger partial charge < -0.3 is 39.3 Å². The summed E-state index contributed by atoms with van der Waals surface area (Å²) in [5, 5.41) is 11.2. The van der Waals surface area contributed by atoms with Crippen LogP contribution in [0.1, 0.15) is 23.0 Å². The normalized spacial score (nSPS) is 9.41. The van der Waals surface area contributed by atoms with Gasteiger partial charge >= 0.3 is 19.5 Å². The summed E-state index contributed by atoms with van der Waals surface area (Å²) in [6.45, 7) is 4.21. The number of pyridine rings is 6. The van der Waals surface area contributed by atoms with Crippen LogP contribution in [0.2, 0.25) is 0 Å². The van der Waals surface area contributed by atoms with Gasteiger partial charge in [-0.1, -0.05) is 24.3 Å². The summed E-state index contributed by atoms with van der Waals surface area (Å²) < 4.78 is 1.63. The van der Waals surface area contributed by atoms with E-state index in [2.05, 4.69) is 24.9 Å². The number of carboxylic acid groups (broad SMARTS) is 1. The van der Waals surface area contributed by atoms with E-state index >= 15 is 0 Å². The van der Waals surface area contributed by atoms with E-state index in [1.54, 1.807) is 41.5 Å². The second kappa shape index (κ2) is 19.0. The molecule has 9 nitrogen and oxygen atoms in total. The van der Waals surface area contributed by atoms with Gasteiger partial charge in [-0.05, 0) is 74.5 Å². The molecule has 12 heteroatoms. The zero-order chi connectivity index (χ0) is 29.0. The molecule has 1 radical (unpaired) electrons. The van der Waals surface area contributed by atoms with Crippen molar-refractivity contribution in [2.45, 2.75) is 20.4 Å². The molecule has 225 valence electrons. The van der Waals surface area contributed by atoms with Gasteiger partial charge in [-0.2, -0.15) is 0 Å². The third-order valence-electron chi connectivity index (χ3n) is 5.81. The molecule has 6 rings (SSSR count). The monoisotopic (exact) mass is 715 g/mol. The number of halogens is 2. The van der Waals surface area contributed by atoms with Crippen LogP contribution < -0.4 is 35.3 Å². The van der Waals surface area contributed by atoms with Crippen LogP contribution in [0.4, 0.5) is 0 Å². The first-order chi connectivity index (χ1) is 20.0. The Hall–Kier alpha value is -4.37. The molecule has 0 spiro atoms. The first-order valence-electron chi connectivity index (χ1n) is 12.8. The Morgan fingerprint density at radius 3 is 1.43 bits per heavy atom. The Kier molecular flexibility index (Phi) is 16.3. The van der Waals surface area contributed by atoms with E-state index in [0.717, 1.165) is 28.5 Å². The van der Waals surface area contributed by atoms with Gasteiger partial charge in [0.15, 0.2) is 5.43 Å². The van der Waals surface area contributed by atoms with Gasteiger partial charge in [0, 0.05) is 43.2 Å². The van der Waals surface area contributed by atoms with Gasteiger partial charge in [0.25, 0.3) is 0 Å². The summed E-state index contributed by atoms with van der Waals surface area (Å²) in [6, 6.07) is 26.5. The molecule has 0 aromatic carbocycles. The number of aromatic nitrogens is 6. The molecule has 0 unspecified atom stereocenters. The standard InChI is InChI=1S/C12H12N2O3.2C10H8N2.2ClH.Ru/c1-3-14-6-9(12(16)17)10(15)8-5-4-7(2)13-11(8)14;2*1-3-7-11-9(5-1)10-6-2-4-8-12-10;;;/h4-6H,3H2,1-2H3,(H,16,17);2*1-8H;2*1H;/q;;;;;+3/p-3. The maximum Gasteiger partial charge on any atom is 3.00 e. The maximum atomic E-state index is 11.9. The van der Waals surface area contributed by atoms with E-state index in [9.17, 15) is 14.7 Å². The fourth-order valence-electron chi connectivity index (χ4n) is 3.80. The fraction of sp³-hybridized carbons (Fsp3) is 0.0938. The molecule has 0 saturated heterocycles. The second-order valence-corrected chi connectivity index (χ2v) is 8.63. The molecule has 0 aliphatic carbocycles. The molecule has 0 atom stereocenters. The molecule has 0 N–H and O–H groups in total. The molecular weight excluding hydrogens is 688 g/mol. The smallest absolute Gasteiger partial charge is 1.00 e. The Morgan fingerprint density at radius 1 is 0.705 bits per heavy atom. The SMILES string of the molecule is CCn1cc(C(=O)[O-])c(=O)c2ccc(C)nc21.[Cl-].[Cl-].[Ru+3].c1ccc(-c2ccccn2)nc1.c1ccc(-c2ccccn2)nc1. The quantitative estimate of drug-likeness (QED) is 0.200. The molecular formula is C32H27Cl2N6O3Ru. The van der Waals surface area contributed by atoms with Crippen molar-refractivity contribution in [3.63, 3.8) is 0 Å². The number of hydrogen-bond acceptors (Lipinski definition) is 8. The predicted molar refractivity (Wildman–Crippen MR) is 156 cm³/mol. The summed E-state index contributed by atoms with van der Waals surface area (Å²) in [5.74, 6) is -1.46. The van der Waals surface area contributed by atoms with Crippen LogP contribution in [0.3, 0.4) is 0 Å². The molecule has 0 amide bonds. The van der Waals surface area contributed by atoms with Crippen LogP contribution in [0.5, 0.6) is 0 Å². The summed E-state index contributed by atoms with van der Waals surface area (Å²) in [6.07, 6.45) is 8.36. The minimum Gasteiger partial charge on any atom is -1.00 e. The van der Waals surface area contributed by atoms with Crippen molar-refractivity contribution in [2.24, 2.45) is 0 Å². The maximum absolute atomic E-state index is 11.9. The minimum absolute atomic E-state index is 0. The minimum atomic E-state index is -1.46. The van der Waals surface area contributed by atoms with Crippen molar-refractivity contribution in [1.29, 1.82) is 0 Å². The Morgan fingerprint density at radius 2 is 1.11 bits per heavy atom. The third-order valence-corrected chi connectivity index (χ3v) is 5.81. The molecule has 44 heavy (non-hydrogen) atoms. The number of carbonyl (C=O) groups excluding carboxylic acids is 1. The molecule has 6 aromatic rings.